The fourth-order valence-electron chi connectivity index (χ4n) is 4.78. The minimum atomic E-state index is -2.88. The van der Waals surface area contributed by atoms with Gasteiger partial charge in [-0.2, -0.15) is 8.78 Å². The van der Waals surface area contributed by atoms with Crippen LogP contribution < -0.4 is 4.74 Å². The number of piperidine rings is 1. The molecule has 2 fully saturated rings. The van der Waals surface area contributed by atoms with Crippen LogP contribution >= 0.6 is 0 Å². The van der Waals surface area contributed by atoms with Gasteiger partial charge in [0.05, 0.1) is 0 Å². The van der Waals surface area contributed by atoms with E-state index in [0.717, 1.165) is 32.2 Å². The number of ether oxygens (including phenoxy) is 1. The average molecular weight is 385 g/mol. The summed E-state index contributed by atoms with van der Waals surface area (Å²) in [5, 5.41) is 0. The lowest BCUT2D eigenvalue weighted by Crippen LogP contribution is -2.44. The molecule has 5 heteroatoms. The molecule has 2 unspecified atom stereocenters. The molecular formula is C23H25F2NO2. The van der Waals surface area contributed by atoms with Crippen LogP contribution in [0.5, 0.6) is 5.75 Å². The number of ketones is 1. The summed E-state index contributed by atoms with van der Waals surface area (Å²) < 4.78 is 29.8. The van der Waals surface area contributed by atoms with E-state index < -0.39 is 6.61 Å². The molecule has 2 bridgehead atoms. The highest BCUT2D eigenvalue weighted by Gasteiger charge is 2.42. The maximum absolute atomic E-state index is 12.9. The van der Waals surface area contributed by atoms with Gasteiger partial charge in [-0.3, -0.25) is 9.69 Å². The number of carbonyl (C=O) groups excluding carboxylic acids is 1. The molecule has 0 amide bonds. The minimum Gasteiger partial charge on any atom is -0.435 e. The van der Waals surface area contributed by atoms with Gasteiger partial charge in [-0.25, -0.2) is 0 Å². The number of carbonyl (C=O) groups is 1. The molecule has 2 heterocycles. The van der Waals surface area contributed by atoms with E-state index in [4.69, 9.17) is 0 Å². The van der Waals surface area contributed by atoms with Crippen LogP contribution in [0.3, 0.4) is 0 Å². The largest absolute Gasteiger partial charge is 0.435 e. The van der Waals surface area contributed by atoms with Crippen molar-refractivity contribution in [2.45, 2.75) is 57.3 Å². The van der Waals surface area contributed by atoms with Gasteiger partial charge in [-0.1, -0.05) is 48.5 Å². The molecule has 2 aromatic rings. The van der Waals surface area contributed by atoms with Crippen molar-refractivity contribution in [3.63, 3.8) is 0 Å². The molecule has 2 atom stereocenters. The summed E-state index contributed by atoms with van der Waals surface area (Å²) in [6.45, 7) is -1.95. The Morgan fingerprint density at radius 2 is 1.64 bits per heavy atom. The van der Waals surface area contributed by atoms with Crippen molar-refractivity contribution in [3.05, 3.63) is 65.7 Å². The van der Waals surface area contributed by atoms with Crippen molar-refractivity contribution in [3.8, 4) is 5.75 Å². The maximum Gasteiger partial charge on any atom is 0.387 e. The molecule has 2 saturated heterocycles. The number of hydrogen-bond donors (Lipinski definition) is 0. The summed E-state index contributed by atoms with van der Waals surface area (Å²) in [6, 6.07) is 17.9. The molecule has 0 aromatic heterocycles. The maximum atomic E-state index is 12.9. The van der Waals surface area contributed by atoms with E-state index in [-0.39, 0.29) is 23.9 Å². The first-order valence-corrected chi connectivity index (χ1v) is 9.95. The highest BCUT2D eigenvalue weighted by molar-refractivity contribution is 5.84. The SMILES string of the molecule is O=C(Cc1ccccc1OC(F)F)C1CC2CCC(C1)N2Cc1ccccc1. The van der Waals surface area contributed by atoms with Crippen molar-refractivity contribution >= 4 is 5.78 Å². The Balaban J connectivity index is 1.40. The number of para-hydroxylation sites is 1. The van der Waals surface area contributed by atoms with E-state index in [9.17, 15) is 13.6 Å². The van der Waals surface area contributed by atoms with E-state index in [1.807, 2.05) is 6.07 Å². The van der Waals surface area contributed by atoms with Crippen LogP contribution in [0.25, 0.3) is 0 Å². The van der Waals surface area contributed by atoms with Crippen LogP contribution in [0.4, 0.5) is 8.78 Å². The van der Waals surface area contributed by atoms with Gasteiger partial charge in [0.2, 0.25) is 0 Å². The minimum absolute atomic E-state index is 0.00382. The highest BCUT2D eigenvalue weighted by Crippen LogP contribution is 2.40. The lowest BCUT2D eigenvalue weighted by Gasteiger charge is -2.38. The zero-order chi connectivity index (χ0) is 19.5. The zero-order valence-corrected chi connectivity index (χ0v) is 15.8. The third kappa shape index (κ3) is 4.25. The fraction of sp³-hybridized carbons (Fsp3) is 0.435. The number of hydrogen-bond acceptors (Lipinski definition) is 3. The second-order valence-electron chi connectivity index (χ2n) is 7.84. The van der Waals surface area contributed by atoms with Gasteiger partial charge in [0, 0.05) is 36.5 Å². The Bertz CT molecular complexity index is 797. The quantitative estimate of drug-likeness (QED) is 0.683. The van der Waals surface area contributed by atoms with Crippen molar-refractivity contribution < 1.29 is 18.3 Å². The van der Waals surface area contributed by atoms with Crippen molar-refractivity contribution in [1.82, 2.24) is 4.90 Å². The first-order valence-electron chi connectivity index (χ1n) is 9.95. The summed E-state index contributed by atoms with van der Waals surface area (Å²) in [4.78, 5) is 15.5. The molecule has 148 valence electrons. The summed E-state index contributed by atoms with van der Waals surface area (Å²) in [7, 11) is 0. The van der Waals surface area contributed by atoms with Crippen molar-refractivity contribution in [2.24, 2.45) is 5.92 Å². The number of fused-ring (bicyclic) bond motifs is 2. The van der Waals surface area contributed by atoms with Crippen LogP contribution in [0, 0.1) is 5.92 Å². The molecule has 0 spiro atoms. The number of nitrogens with zero attached hydrogens (tertiary/aromatic N) is 1. The zero-order valence-electron chi connectivity index (χ0n) is 15.8. The topological polar surface area (TPSA) is 29.5 Å². The summed E-state index contributed by atoms with van der Waals surface area (Å²) in [5.74, 6) is 0.251. The van der Waals surface area contributed by atoms with Crippen LogP contribution in [0.15, 0.2) is 54.6 Å². The Morgan fingerprint density at radius 1 is 1.00 bits per heavy atom. The molecule has 2 aliphatic rings. The lowest BCUT2D eigenvalue weighted by atomic mass is 9.85. The first kappa shape index (κ1) is 19.1. The number of halogens is 2. The third-order valence-corrected chi connectivity index (χ3v) is 6.10. The number of alkyl halides is 2. The third-order valence-electron chi connectivity index (χ3n) is 6.10. The Kier molecular flexibility index (Phi) is 5.72. The molecule has 28 heavy (non-hydrogen) atoms. The fourth-order valence-corrected chi connectivity index (χ4v) is 4.78. The summed E-state index contributed by atoms with van der Waals surface area (Å²) in [5.41, 5.74) is 1.86. The van der Waals surface area contributed by atoms with E-state index in [0.29, 0.717) is 17.6 Å². The normalized spacial score (nSPS) is 24.5. The standard InChI is InChI=1S/C23H25F2NO2/c24-23(25)28-22-9-5-4-8-17(22)14-21(27)18-12-19-10-11-20(13-18)26(19)15-16-6-2-1-3-7-16/h1-9,18-20,23H,10-15H2. The molecule has 2 aliphatic heterocycles. The van der Waals surface area contributed by atoms with Gasteiger partial charge in [0.25, 0.3) is 0 Å². The highest BCUT2D eigenvalue weighted by atomic mass is 19.3. The van der Waals surface area contributed by atoms with Crippen LogP contribution in [0.1, 0.15) is 36.8 Å². The van der Waals surface area contributed by atoms with Gasteiger partial charge >= 0.3 is 6.61 Å². The molecule has 3 nitrogen and oxygen atoms in total. The monoisotopic (exact) mass is 385 g/mol. The van der Waals surface area contributed by atoms with Gasteiger partial charge in [0.1, 0.15) is 11.5 Å². The number of rotatable bonds is 7. The average Bonchev–Trinajstić information content (AvgIpc) is 2.91. The van der Waals surface area contributed by atoms with Crippen molar-refractivity contribution in [1.29, 1.82) is 0 Å². The van der Waals surface area contributed by atoms with E-state index >= 15 is 0 Å². The molecule has 4 rings (SSSR count). The number of Topliss-reactive ketones (excluding diaryl/α,β-unsaturated/α-hetero) is 1. The second-order valence-corrected chi connectivity index (χ2v) is 7.84. The number of benzene rings is 2. The smallest absolute Gasteiger partial charge is 0.387 e. The second kappa shape index (κ2) is 8.39. The van der Waals surface area contributed by atoms with E-state index in [1.54, 1.807) is 18.2 Å². The Morgan fingerprint density at radius 3 is 2.32 bits per heavy atom. The Labute approximate surface area is 164 Å². The van der Waals surface area contributed by atoms with Gasteiger partial charge < -0.3 is 4.74 Å². The predicted molar refractivity (Wildman–Crippen MR) is 103 cm³/mol. The van der Waals surface area contributed by atoms with Crippen molar-refractivity contribution in [2.75, 3.05) is 0 Å². The lowest BCUT2D eigenvalue weighted by molar-refractivity contribution is -0.124. The predicted octanol–water partition coefficient (Wildman–Crippen LogP) is 4.84. The Hall–Kier alpha value is -2.27. The van der Waals surface area contributed by atoms with E-state index in [1.165, 1.54) is 11.6 Å². The molecule has 0 saturated carbocycles. The molecule has 0 aliphatic carbocycles. The summed E-state index contributed by atoms with van der Waals surface area (Å²) in [6.07, 6.45) is 4.14. The van der Waals surface area contributed by atoms with Crippen LogP contribution in [0.2, 0.25) is 0 Å². The molecular weight excluding hydrogens is 360 g/mol. The van der Waals surface area contributed by atoms with Crippen LogP contribution in [-0.2, 0) is 17.8 Å². The first-order chi connectivity index (χ1) is 13.6. The van der Waals surface area contributed by atoms with Gasteiger partial charge in [-0.05, 0) is 37.3 Å². The molecule has 2 aromatic carbocycles. The summed E-state index contributed by atoms with van der Waals surface area (Å²) >= 11 is 0. The molecule has 0 N–H and O–H groups in total. The molecule has 0 radical (unpaired) electrons. The van der Waals surface area contributed by atoms with Gasteiger partial charge in [0.15, 0.2) is 0 Å². The van der Waals surface area contributed by atoms with Gasteiger partial charge in [-0.15, -0.1) is 0 Å². The van der Waals surface area contributed by atoms with E-state index in [2.05, 4.69) is 33.9 Å². The van der Waals surface area contributed by atoms with Crippen LogP contribution in [-0.4, -0.2) is 29.4 Å².